The molecule has 0 aliphatic rings. The standard InChI is InChI=1S/C11H15NO5/c1-2-17-11(16)9(12)10(15)6-3-4-7(13)8(14)5-6/h3-5,9-10,13-15H,2,12H2,1H3/t9-,10-/m1/s1/i9D,10D. The molecule has 5 N–H and O–H groups in total. The number of phenolic OH excluding ortho intramolecular Hbond substituents is 2. The van der Waals surface area contributed by atoms with Gasteiger partial charge in [0.05, 0.1) is 9.35 Å². The van der Waals surface area contributed by atoms with Crippen LogP contribution in [0.3, 0.4) is 0 Å². The van der Waals surface area contributed by atoms with Crippen LogP contribution in [-0.2, 0) is 9.53 Å². The molecule has 0 amide bonds. The van der Waals surface area contributed by atoms with Gasteiger partial charge >= 0.3 is 5.97 Å². The van der Waals surface area contributed by atoms with Gasteiger partial charge in [0.15, 0.2) is 11.5 Å². The van der Waals surface area contributed by atoms with Crippen LogP contribution in [0.25, 0.3) is 0 Å². The SMILES string of the molecule is [2H][C@](N)(C(=O)OCC)[C@]([2H])(O)c1ccc(O)c(O)c1. The molecule has 0 aliphatic carbocycles. The fourth-order valence-corrected chi connectivity index (χ4v) is 1.13. The Bertz CT molecular complexity index is 490. The predicted octanol–water partition coefficient (Wildman–Crippen LogP) is 0.0216. The van der Waals surface area contributed by atoms with E-state index in [1.54, 1.807) is 0 Å². The van der Waals surface area contributed by atoms with Crippen molar-refractivity contribution < 1.29 is 27.6 Å². The highest BCUT2D eigenvalue weighted by molar-refractivity contribution is 5.76. The average molecular weight is 243 g/mol. The molecule has 0 saturated carbocycles. The molecule has 0 aromatic heterocycles. The van der Waals surface area contributed by atoms with Gasteiger partial charge in [-0.15, -0.1) is 0 Å². The third kappa shape index (κ3) is 3.08. The number of phenols is 2. The van der Waals surface area contributed by atoms with Crippen molar-refractivity contribution in [3.8, 4) is 11.5 Å². The van der Waals surface area contributed by atoms with Crippen LogP contribution in [0, 0.1) is 0 Å². The lowest BCUT2D eigenvalue weighted by atomic mass is 10.0. The summed E-state index contributed by atoms with van der Waals surface area (Å²) in [7, 11) is 0. The zero-order valence-electron chi connectivity index (χ0n) is 11.2. The zero-order chi connectivity index (χ0) is 14.8. The van der Waals surface area contributed by atoms with Gasteiger partial charge in [-0.3, -0.25) is 4.79 Å². The molecule has 0 saturated heterocycles. The lowest BCUT2D eigenvalue weighted by Crippen LogP contribution is -2.38. The van der Waals surface area contributed by atoms with Crippen LogP contribution in [-0.4, -0.2) is 33.9 Å². The fraction of sp³-hybridized carbons (Fsp3) is 0.364. The minimum atomic E-state index is -2.86. The van der Waals surface area contributed by atoms with Crippen molar-refractivity contribution in [3.63, 3.8) is 0 Å². The number of hydrogen-bond acceptors (Lipinski definition) is 6. The summed E-state index contributed by atoms with van der Waals surface area (Å²) >= 11 is 0. The van der Waals surface area contributed by atoms with E-state index < -0.39 is 29.6 Å². The first-order valence-corrected chi connectivity index (χ1v) is 4.85. The van der Waals surface area contributed by atoms with Crippen LogP contribution in [0.4, 0.5) is 0 Å². The summed E-state index contributed by atoms with van der Waals surface area (Å²) in [6.45, 7) is 1.43. The topological polar surface area (TPSA) is 113 Å². The smallest absolute Gasteiger partial charge is 0.325 e. The highest BCUT2D eigenvalue weighted by Crippen LogP contribution is 2.28. The Morgan fingerprint density at radius 2 is 2.18 bits per heavy atom. The lowest BCUT2D eigenvalue weighted by molar-refractivity contribution is -0.147. The van der Waals surface area contributed by atoms with Gasteiger partial charge in [0.25, 0.3) is 0 Å². The van der Waals surface area contributed by atoms with Crippen molar-refractivity contribution in [1.82, 2.24) is 0 Å². The highest BCUT2D eigenvalue weighted by atomic mass is 16.5. The van der Waals surface area contributed by atoms with Gasteiger partial charge in [-0.25, -0.2) is 0 Å². The molecule has 0 bridgehead atoms. The maximum absolute atomic E-state index is 11.5. The second-order valence-electron chi connectivity index (χ2n) is 3.19. The Morgan fingerprint density at radius 3 is 2.71 bits per heavy atom. The van der Waals surface area contributed by atoms with E-state index in [-0.39, 0.29) is 12.2 Å². The Labute approximate surface area is 101 Å². The average Bonchev–Trinajstić information content (AvgIpc) is 2.32. The molecule has 0 spiro atoms. The summed E-state index contributed by atoms with van der Waals surface area (Å²) in [5.41, 5.74) is 5.03. The molecule has 1 aromatic carbocycles. The van der Waals surface area contributed by atoms with Gasteiger partial charge in [-0.05, 0) is 24.6 Å². The van der Waals surface area contributed by atoms with Gasteiger partial charge in [0, 0.05) is 0 Å². The monoisotopic (exact) mass is 243 g/mol. The third-order valence-corrected chi connectivity index (χ3v) is 2.00. The first-order chi connectivity index (χ1) is 8.64. The number of aliphatic hydroxyl groups is 1. The molecule has 6 heteroatoms. The molecule has 0 aliphatic heterocycles. The largest absolute Gasteiger partial charge is 0.504 e. The number of esters is 1. The maximum Gasteiger partial charge on any atom is 0.325 e. The molecule has 1 rings (SSSR count). The van der Waals surface area contributed by atoms with E-state index >= 15 is 0 Å². The summed E-state index contributed by atoms with van der Waals surface area (Å²) < 4.78 is 19.8. The third-order valence-electron chi connectivity index (χ3n) is 2.00. The second kappa shape index (κ2) is 5.51. The minimum absolute atomic E-state index is 0.0619. The van der Waals surface area contributed by atoms with Crippen LogP contribution >= 0.6 is 0 Å². The quantitative estimate of drug-likeness (QED) is 0.438. The van der Waals surface area contributed by atoms with Crippen molar-refractivity contribution in [2.45, 2.75) is 19.0 Å². The van der Waals surface area contributed by atoms with E-state index in [4.69, 9.17) is 13.6 Å². The van der Waals surface area contributed by atoms with Gasteiger partial charge in [-0.1, -0.05) is 6.07 Å². The predicted molar refractivity (Wildman–Crippen MR) is 59.3 cm³/mol. The molecule has 94 valence electrons. The lowest BCUT2D eigenvalue weighted by Gasteiger charge is -2.17. The Kier molecular flexibility index (Phi) is 3.36. The number of hydrogen-bond donors (Lipinski definition) is 4. The number of nitrogens with two attached hydrogens (primary N) is 1. The molecule has 0 fully saturated rings. The van der Waals surface area contributed by atoms with Crippen LogP contribution in [0.2, 0.25) is 0 Å². The highest BCUT2D eigenvalue weighted by Gasteiger charge is 2.25. The first-order valence-electron chi connectivity index (χ1n) is 5.85. The Morgan fingerprint density at radius 1 is 1.53 bits per heavy atom. The summed E-state index contributed by atoms with van der Waals surface area (Å²) in [5, 5.41) is 28.4. The zero-order valence-corrected chi connectivity index (χ0v) is 9.17. The fourth-order valence-electron chi connectivity index (χ4n) is 1.13. The van der Waals surface area contributed by atoms with E-state index in [1.807, 2.05) is 0 Å². The summed E-state index contributed by atoms with van der Waals surface area (Å²) in [5.74, 6) is -2.36. The number of benzene rings is 1. The summed E-state index contributed by atoms with van der Waals surface area (Å²) in [4.78, 5) is 11.5. The van der Waals surface area contributed by atoms with E-state index in [1.165, 1.54) is 6.92 Å². The molecular weight excluding hydrogens is 226 g/mol. The molecule has 17 heavy (non-hydrogen) atoms. The van der Waals surface area contributed by atoms with Crippen molar-refractivity contribution in [1.29, 1.82) is 0 Å². The molecule has 0 radical (unpaired) electrons. The van der Waals surface area contributed by atoms with Gasteiger partial charge in [-0.2, -0.15) is 0 Å². The first kappa shape index (κ1) is 10.4. The number of ether oxygens (including phenoxy) is 1. The molecule has 0 unspecified atom stereocenters. The molecule has 2 atom stereocenters. The Balaban J connectivity index is 3.21. The van der Waals surface area contributed by atoms with E-state index in [0.29, 0.717) is 0 Å². The molecular formula is C11H15NO5. The van der Waals surface area contributed by atoms with Crippen LogP contribution in [0.1, 0.15) is 21.3 Å². The minimum Gasteiger partial charge on any atom is -0.504 e. The number of carbonyl (C=O) groups is 1. The molecule has 1 aromatic rings. The van der Waals surface area contributed by atoms with Crippen molar-refractivity contribution in [2.24, 2.45) is 5.73 Å². The van der Waals surface area contributed by atoms with E-state index in [2.05, 4.69) is 4.74 Å². The van der Waals surface area contributed by atoms with Gasteiger partial charge in [0.1, 0.15) is 12.1 Å². The van der Waals surface area contributed by atoms with E-state index in [9.17, 15) is 15.0 Å². The number of aromatic hydroxyl groups is 2. The summed E-state index contributed by atoms with van der Waals surface area (Å²) in [6, 6.07) is 0.132. The molecule has 6 nitrogen and oxygen atoms in total. The Hall–Kier alpha value is -1.79. The van der Waals surface area contributed by atoms with Crippen LogP contribution in [0.15, 0.2) is 18.2 Å². The summed E-state index contributed by atoms with van der Waals surface area (Å²) in [6.07, 6.45) is -2.86. The second-order valence-corrected chi connectivity index (χ2v) is 3.19. The number of carbonyl (C=O) groups excluding carboxylic acids is 1. The van der Waals surface area contributed by atoms with Gasteiger partial charge in [0.2, 0.25) is 0 Å². The van der Waals surface area contributed by atoms with Crippen LogP contribution in [0.5, 0.6) is 11.5 Å². The van der Waals surface area contributed by atoms with E-state index in [0.717, 1.165) is 18.2 Å². The maximum atomic E-state index is 11.5. The van der Waals surface area contributed by atoms with Crippen molar-refractivity contribution in [2.75, 3.05) is 6.61 Å². The number of rotatable bonds is 4. The van der Waals surface area contributed by atoms with Crippen molar-refractivity contribution >= 4 is 5.97 Å². The van der Waals surface area contributed by atoms with Crippen molar-refractivity contribution in [3.05, 3.63) is 23.8 Å². The normalized spacial score (nSPS) is 19.5. The van der Waals surface area contributed by atoms with Gasteiger partial charge < -0.3 is 25.8 Å². The molecule has 0 heterocycles. The van der Waals surface area contributed by atoms with Crippen LogP contribution < -0.4 is 5.73 Å².